The fourth-order valence-electron chi connectivity index (χ4n) is 2.85. The minimum absolute atomic E-state index is 0.175. The maximum atomic E-state index is 12.8. The van der Waals surface area contributed by atoms with Crippen LogP contribution in [0.2, 0.25) is 5.02 Å². The van der Waals surface area contributed by atoms with Gasteiger partial charge in [0.2, 0.25) is 10.0 Å². The summed E-state index contributed by atoms with van der Waals surface area (Å²) in [5.41, 5.74) is 1.87. The van der Waals surface area contributed by atoms with Gasteiger partial charge in [0.15, 0.2) is 0 Å². The van der Waals surface area contributed by atoms with Crippen molar-refractivity contribution in [2.24, 2.45) is 0 Å². The highest BCUT2D eigenvalue weighted by Crippen LogP contribution is 2.29. The lowest BCUT2D eigenvalue weighted by Crippen LogP contribution is -2.36. The van der Waals surface area contributed by atoms with E-state index < -0.39 is 16.1 Å². The largest absolute Gasteiger partial charge is 0.376 e. The molecule has 0 aliphatic carbocycles. The van der Waals surface area contributed by atoms with Gasteiger partial charge in [0, 0.05) is 11.6 Å². The number of ether oxygens (including phenoxy) is 1. The molecule has 24 heavy (non-hydrogen) atoms. The second-order valence-corrected chi connectivity index (χ2v) is 8.17. The minimum atomic E-state index is -3.63. The fraction of sp³-hybridized carbons (Fsp3) is 0.333. The molecule has 1 aliphatic heterocycles. The van der Waals surface area contributed by atoms with Gasteiger partial charge in [-0.2, -0.15) is 0 Å². The van der Waals surface area contributed by atoms with E-state index in [1.54, 1.807) is 36.4 Å². The van der Waals surface area contributed by atoms with Crippen molar-refractivity contribution in [3.8, 4) is 0 Å². The molecule has 1 N–H and O–H groups in total. The summed E-state index contributed by atoms with van der Waals surface area (Å²) in [6.07, 6.45) is 1.58. The number of rotatable bonds is 5. The summed E-state index contributed by atoms with van der Waals surface area (Å²) < 4.78 is 34.1. The number of sulfonamides is 1. The van der Waals surface area contributed by atoms with E-state index in [1.807, 2.05) is 19.1 Å². The first kappa shape index (κ1) is 17.4. The van der Waals surface area contributed by atoms with Gasteiger partial charge in [-0.25, -0.2) is 13.1 Å². The van der Waals surface area contributed by atoms with Crippen molar-refractivity contribution in [3.05, 3.63) is 64.7 Å². The Balaban J connectivity index is 1.90. The average molecular weight is 366 g/mol. The molecule has 0 radical (unpaired) electrons. The number of nitrogens with one attached hydrogen (secondary N) is 1. The highest BCUT2D eigenvalue weighted by Gasteiger charge is 2.31. The van der Waals surface area contributed by atoms with Crippen molar-refractivity contribution in [2.45, 2.75) is 36.8 Å². The molecular weight excluding hydrogens is 346 g/mol. The Bertz CT molecular complexity index is 782. The molecule has 1 heterocycles. The first-order valence-electron chi connectivity index (χ1n) is 7.92. The Kier molecular flexibility index (Phi) is 5.25. The van der Waals surface area contributed by atoms with Gasteiger partial charge >= 0.3 is 0 Å². The van der Waals surface area contributed by atoms with Gasteiger partial charge in [0.25, 0.3) is 0 Å². The second kappa shape index (κ2) is 7.23. The zero-order valence-electron chi connectivity index (χ0n) is 13.4. The van der Waals surface area contributed by atoms with Gasteiger partial charge in [-0.05, 0) is 49.6 Å². The van der Waals surface area contributed by atoms with Crippen molar-refractivity contribution in [1.29, 1.82) is 0 Å². The number of hydrogen-bond acceptors (Lipinski definition) is 3. The molecule has 0 bridgehead atoms. The van der Waals surface area contributed by atoms with Gasteiger partial charge in [0.05, 0.1) is 17.0 Å². The summed E-state index contributed by atoms with van der Waals surface area (Å²) in [5.74, 6) is 0. The van der Waals surface area contributed by atoms with Crippen molar-refractivity contribution < 1.29 is 13.2 Å². The second-order valence-electron chi connectivity index (χ2n) is 6.02. The van der Waals surface area contributed by atoms with E-state index >= 15 is 0 Å². The maximum absolute atomic E-state index is 12.8. The van der Waals surface area contributed by atoms with Crippen LogP contribution in [0.25, 0.3) is 0 Å². The average Bonchev–Trinajstić information content (AvgIpc) is 3.08. The smallest absolute Gasteiger partial charge is 0.241 e. The fourth-order valence-corrected chi connectivity index (χ4v) is 4.23. The van der Waals surface area contributed by atoms with Crippen LogP contribution in [0.3, 0.4) is 0 Å². The summed E-state index contributed by atoms with van der Waals surface area (Å²) in [5, 5.41) is 0.617. The number of aryl methyl sites for hydroxylation is 1. The first-order chi connectivity index (χ1) is 11.5. The molecule has 0 spiro atoms. The molecule has 0 saturated carbocycles. The molecule has 0 unspecified atom stereocenters. The van der Waals surface area contributed by atoms with Crippen molar-refractivity contribution in [1.82, 2.24) is 4.72 Å². The standard InChI is InChI=1S/C18H20ClNO3S/c1-13-4-10-16(11-5-13)24(21,22)20-18(17-3-2-12-23-17)14-6-8-15(19)9-7-14/h4-11,17-18,20H,2-3,12H2,1H3/t17-,18-/m0/s1. The number of benzene rings is 2. The molecule has 1 saturated heterocycles. The van der Waals surface area contributed by atoms with Crippen LogP contribution in [0.5, 0.6) is 0 Å². The topological polar surface area (TPSA) is 55.4 Å². The van der Waals surface area contributed by atoms with E-state index in [-0.39, 0.29) is 11.0 Å². The number of hydrogen-bond donors (Lipinski definition) is 1. The highest BCUT2D eigenvalue weighted by molar-refractivity contribution is 7.89. The molecule has 2 aromatic rings. The van der Waals surface area contributed by atoms with E-state index in [0.29, 0.717) is 11.6 Å². The summed E-state index contributed by atoms with van der Waals surface area (Å²) in [4.78, 5) is 0.255. The van der Waals surface area contributed by atoms with Crippen LogP contribution in [0, 0.1) is 6.92 Å². The Labute approximate surface area is 147 Å². The van der Waals surface area contributed by atoms with Gasteiger partial charge in [0.1, 0.15) is 0 Å². The highest BCUT2D eigenvalue weighted by atomic mass is 35.5. The minimum Gasteiger partial charge on any atom is -0.376 e. The van der Waals surface area contributed by atoms with Gasteiger partial charge < -0.3 is 4.74 Å². The van der Waals surface area contributed by atoms with E-state index in [9.17, 15) is 8.42 Å². The lowest BCUT2D eigenvalue weighted by Gasteiger charge is -2.24. The lowest BCUT2D eigenvalue weighted by molar-refractivity contribution is 0.0852. The Morgan fingerprint density at radius 1 is 1.12 bits per heavy atom. The Morgan fingerprint density at radius 3 is 2.38 bits per heavy atom. The van der Waals surface area contributed by atoms with Gasteiger partial charge in [-0.15, -0.1) is 0 Å². The van der Waals surface area contributed by atoms with Crippen LogP contribution in [0.4, 0.5) is 0 Å². The van der Waals surface area contributed by atoms with Gasteiger partial charge in [-0.3, -0.25) is 0 Å². The predicted octanol–water partition coefficient (Wildman–Crippen LogP) is 3.85. The van der Waals surface area contributed by atoms with E-state index in [4.69, 9.17) is 16.3 Å². The van der Waals surface area contributed by atoms with Crippen molar-refractivity contribution in [3.63, 3.8) is 0 Å². The molecule has 0 aromatic heterocycles. The first-order valence-corrected chi connectivity index (χ1v) is 9.78. The van der Waals surface area contributed by atoms with Crippen molar-refractivity contribution >= 4 is 21.6 Å². The third-order valence-corrected chi connectivity index (χ3v) is 5.89. The molecule has 128 valence electrons. The SMILES string of the molecule is Cc1ccc(S(=O)(=O)N[C@@H](c2ccc(Cl)cc2)[C@@H]2CCCO2)cc1. The van der Waals surface area contributed by atoms with E-state index in [2.05, 4.69) is 4.72 Å². The predicted molar refractivity (Wildman–Crippen MR) is 94.7 cm³/mol. The summed E-state index contributed by atoms with van der Waals surface area (Å²) in [6, 6.07) is 13.6. The molecule has 0 amide bonds. The van der Waals surface area contributed by atoms with E-state index in [1.165, 1.54) is 0 Å². The lowest BCUT2D eigenvalue weighted by atomic mass is 10.0. The molecule has 4 nitrogen and oxygen atoms in total. The Morgan fingerprint density at radius 2 is 1.79 bits per heavy atom. The zero-order chi connectivity index (χ0) is 17.2. The molecule has 2 atom stereocenters. The molecule has 2 aromatic carbocycles. The molecule has 1 aliphatic rings. The normalized spacial score (nSPS) is 19.3. The van der Waals surface area contributed by atoms with Crippen LogP contribution >= 0.6 is 11.6 Å². The molecule has 6 heteroatoms. The monoisotopic (exact) mass is 365 g/mol. The van der Waals surface area contributed by atoms with Crippen molar-refractivity contribution in [2.75, 3.05) is 6.61 Å². The molecule has 3 rings (SSSR count). The molecular formula is C18H20ClNO3S. The summed E-state index contributed by atoms with van der Waals surface area (Å²) in [7, 11) is -3.63. The van der Waals surface area contributed by atoms with Gasteiger partial charge in [-0.1, -0.05) is 41.4 Å². The van der Waals surface area contributed by atoms with E-state index in [0.717, 1.165) is 24.0 Å². The van der Waals surface area contributed by atoms with Crippen LogP contribution in [-0.2, 0) is 14.8 Å². The maximum Gasteiger partial charge on any atom is 0.241 e. The summed E-state index contributed by atoms with van der Waals surface area (Å²) in [6.45, 7) is 2.58. The summed E-state index contributed by atoms with van der Waals surface area (Å²) >= 11 is 5.95. The number of halogens is 1. The molecule has 1 fully saturated rings. The quantitative estimate of drug-likeness (QED) is 0.875. The third kappa shape index (κ3) is 3.98. The zero-order valence-corrected chi connectivity index (χ0v) is 15.0. The van der Waals surface area contributed by atoms with Crippen LogP contribution in [0.1, 0.15) is 30.0 Å². The Hall–Kier alpha value is -1.40. The van der Waals surface area contributed by atoms with Crippen LogP contribution < -0.4 is 4.72 Å². The third-order valence-electron chi connectivity index (χ3n) is 4.18. The van der Waals surface area contributed by atoms with Crippen LogP contribution in [0.15, 0.2) is 53.4 Å². The van der Waals surface area contributed by atoms with Crippen LogP contribution in [-0.4, -0.2) is 21.1 Å².